The highest BCUT2D eigenvalue weighted by atomic mass is 16.7. The molecule has 0 aromatic heterocycles. The molecule has 5 aliphatic rings. The highest BCUT2D eigenvalue weighted by molar-refractivity contribution is 5.95. The van der Waals surface area contributed by atoms with Crippen LogP contribution in [0.3, 0.4) is 0 Å². The first kappa shape index (κ1) is 33.4. The van der Waals surface area contributed by atoms with Gasteiger partial charge in [-0.15, -0.1) is 0 Å². The summed E-state index contributed by atoms with van der Waals surface area (Å²) in [6.45, 7) is 8.61. The first-order valence-electron chi connectivity index (χ1n) is 15.9. The Hall–Kier alpha value is -0.990. The molecule has 4 aliphatic carbocycles. The van der Waals surface area contributed by atoms with Crippen molar-refractivity contribution in [2.45, 2.75) is 146 Å². The minimum absolute atomic E-state index is 0.169. The lowest BCUT2D eigenvalue weighted by Gasteiger charge is -2.61. The Kier molecular flexibility index (Phi) is 8.59. The van der Waals surface area contributed by atoms with Crippen molar-refractivity contribution in [2.75, 3.05) is 6.61 Å². The van der Waals surface area contributed by atoms with Gasteiger partial charge in [0.15, 0.2) is 12.1 Å². The number of carbonyl (C=O) groups excluding carboxylic acids is 1. The third kappa shape index (κ3) is 5.35. The predicted octanol–water partition coefficient (Wildman–Crippen LogP) is 0.317. The van der Waals surface area contributed by atoms with Gasteiger partial charge in [-0.2, -0.15) is 0 Å². The molecule has 4 fully saturated rings. The average Bonchev–Trinajstić information content (AvgIpc) is 3.20. The topological polar surface area (TPSA) is 197 Å². The number of ether oxygens (including phenoxy) is 2. The second-order valence-corrected chi connectivity index (χ2v) is 15.5. The Bertz CT molecular complexity index is 1100. The molecule has 1 aliphatic heterocycles. The maximum absolute atomic E-state index is 13.8. The number of aliphatic hydroxyl groups is 8. The number of hydrogen-bond donors (Lipinski definition) is 8. The number of hydrogen-bond acceptors (Lipinski definition) is 11. The van der Waals surface area contributed by atoms with E-state index in [1.165, 1.54) is 0 Å². The minimum Gasteiger partial charge on any atom is -0.390 e. The summed E-state index contributed by atoms with van der Waals surface area (Å²) in [6.07, 6.45) is -3.99. The van der Waals surface area contributed by atoms with Crippen LogP contribution < -0.4 is 0 Å². The van der Waals surface area contributed by atoms with Gasteiger partial charge in [0.25, 0.3) is 0 Å². The highest BCUT2D eigenvalue weighted by Gasteiger charge is 2.69. The fourth-order valence-corrected chi connectivity index (χ4v) is 9.53. The molecule has 11 heteroatoms. The average molecular weight is 613 g/mol. The summed E-state index contributed by atoms with van der Waals surface area (Å²) in [7, 11) is 0. The van der Waals surface area contributed by atoms with Crippen LogP contribution in [-0.2, 0) is 14.3 Å². The summed E-state index contributed by atoms with van der Waals surface area (Å²) in [5.41, 5.74) is -4.73. The summed E-state index contributed by atoms with van der Waals surface area (Å²) in [5.74, 6) is -1.33. The van der Waals surface area contributed by atoms with Gasteiger partial charge in [0.2, 0.25) is 0 Å². The van der Waals surface area contributed by atoms with Gasteiger partial charge < -0.3 is 50.3 Å². The molecule has 1 heterocycles. The summed E-state index contributed by atoms with van der Waals surface area (Å²) in [5, 5.41) is 86.8. The Balaban J connectivity index is 1.38. The molecule has 1 saturated heterocycles. The van der Waals surface area contributed by atoms with Crippen molar-refractivity contribution in [1.29, 1.82) is 0 Å². The lowest BCUT2D eigenvalue weighted by molar-refractivity contribution is -0.297. The molecule has 5 rings (SSSR count). The van der Waals surface area contributed by atoms with Crippen molar-refractivity contribution < 1.29 is 55.1 Å². The zero-order chi connectivity index (χ0) is 31.9. The third-order valence-electron chi connectivity index (χ3n) is 12.3. The molecule has 0 aromatic rings. The second-order valence-electron chi connectivity index (χ2n) is 15.5. The fraction of sp³-hybridized carbons (Fsp3) is 0.906. The Morgan fingerprint density at radius 1 is 1.02 bits per heavy atom. The Labute approximate surface area is 253 Å². The summed E-state index contributed by atoms with van der Waals surface area (Å²) < 4.78 is 11.3. The number of allylic oxidation sites excluding steroid dienone is 1. The third-order valence-corrected chi connectivity index (χ3v) is 12.3. The number of carbonyl (C=O) groups is 1. The lowest BCUT2D eigenvalue weighted by atomic mass is 9.45. The van der Waals surface area contributed by atoms with Crippen molar-refractivity contribution in [3.05, 3.63) is 11.6 Å². The fourth-order valence-electron chi connectivity index (χ4n) is 9.53. The molecular weight excluding hydrogens is 560 g/mol. The van der Waals surface area contributed by atoms with Crippen LogP contribution in [0.5, 0.6) is 0 Å². The van der Waals surface area contributed by atoms with Gasteiger partial charge in [-0.05, 0) is 101 Å². The van der Waals surface area contributed by atoms with Crippen LogP contribution >= 0.6 is 0 Å². The van der Waals surface area contributed by atoms with Crippen molar-refractivity contribution in [2.24, 2.45) is 28.6 Å². The van der Waals surface area contributed by atoms with Crippen molar-refractivity contribution in [3.63, 3.8) is 0 Å². The lowest BCUT2D eigenvalue weighted by Crippen LogP contribution is -2.63. The second kappa shape index (κ2) is 11.1. The highest BCUT2D eigenvalue weighted by Crippen LogP contribution is 2.68. The van der Waals surface area contributed by atoms with Gasteiger partial charge in [-0.25, -0.2) is 0 Å². The smallest absolute Gasteiger partial charge is 0.186 e. The molecule has 0 bridgehead atoms. The van der Waals surface area contributed by atoms with Crippen LogP contribution in [0, 0.1) is 28.6 Å². The van der Waals surface area contributed by atoms with E-state index in [0.29, 0.717) is 37.7 Å². The van der Waals surface area contributed by atoms with Gasteiger partial charge in [0, 0.05) is 11.3 Å². The molecule has 0 amide bonds. The van der Waals surface area contributed by atoms with E-state index < -0.39 is 82.4 Å². The van der Waals surface area contributed by atoms with E-state index >= 15 is 0 Å². The van der Waals surface area contributed by atoms with E-state index in [0.717, 1.165) is 0 Å². The number of ketones is 1. The van der Waals surface area contributed by atoms with E-state index in [-0.39, 0.29) is 37.6 Å². The quantitative estimate of drug-likeness (QED) is 0.197. The molecule has 246 valence electrons. The maximum Gasteiger partial charge on any atom is 0.186 e. The van der Waals surface area contributed by atoms with Crippen LogP contribution in [0.2, 0.25) is 0 Å². The van der Waals surface area contributed by atoms with Crippen LogP contribution in [0.15, 0.2) is 11.6 Å². The van der Waals surface area contributed by atoms with Crippen LogP contribution in [0.25, 0.3) is 0 Å². The number of aliphatic hydroxyl groups excluding tert-OH is 5. The van der Waals surface area contributed by atoms with Gasteiger partial charge in [-0.3, -0.25) is 4.79 Å². The molecule has 43 heavy (non-hydrogen) atoms. The minimum atomic E-state index is -1.52. The Morgan fingerprint density at radius 3 is 2.35 bits per heavy atom. The molecule has 0 unspecified atom stereocenters. The van der Waals surface area contributed by atoms with E-state index in [4.69, 9.17) is 9.47 Å². The first-order valence-corrected chi connectivity index (χ1v) is 15.9. The molecule has 14 atom stereocenters. The van der Waals surface area contributed by atoms with Gasteiger partial charge in [0.05, 0.1) is 41.7 Å². The van der Waals surface area contributed by atoms with Gasteiger partial charge in [0.1, 0.15) is 18.3 Å². The van der Waals surface area contributed by atoms with Gasteiger partial charge >= 0.3 is 0 Å². The number of rotatable bonds is 7. The predicted molar refractivity (Wildman–Crippen MR) is 153 cm³/mol. The van der Waals surface area contributed by atoms with E-state index in [9.17, 15) is 45.6 Å². The van der Waals surface area contributed by atoms with Crippen molar-refractivity contribution >= 4 is 5.78 Å². The molecule has 3 saturated carbocycles. The summed E-state index contributed by atoms with van der Waals surface area (Å²) in [4.78, 5) is 13.8. The van der Waals surface area contributed by atoms with E-state index in [1.54, 1.807) is 26.8 Å². The Morgan fingerprint density at radius 2 is 1.70 bits per heavy atom. The normalized spacial score (nSPS) is 48.9. The SMILES string of the molecule is CC(C)(O)CC[C@@H](O)[C@](C)(O)[C@H]1CC[C@@]2(O)C3=CC(=O)[C@H]4C[C@@H](O[C@@H]5OC[C@@H](O)[C@H](O)[C@H]5O)[C@@H](O)C[C@]4(C)[C@H]3CC[C@]12C. The van der Waals surface area contributed by atoms with Crippen LogP contribution in [0.1, 0.15) is 86.0 Å². The number of fused-ring (bicyclic) bond motifs is 5. The maximum atomic E-state index is 13.8. The van der Waals surface area contributed by atoms with Gasteiger partial charge in [-0.1, -0.05) is 13.8 Å². The molecule has 0 aromatic carbocycles. The molecule has 8 N–H and O–H groups in total. The molecule has 0 spiro atoms. The first-order chi connectivity index (χ1) is 19.8. The zero-order valence-corrected chi connectivity index (χ0v) is 26.0. The van der Waals surface area contributed by atoms with Crippen molar-refractivity contribution in [1.82, 2.24) is 0 Å². The van der Waals surface area contributed by atoms with E-state index in [2.05, 4.69) is 0 Å². The van der Waals surface area contributed by atoms with Crippen molar-refractivity contribution in [3.8, 4) is 0 Å². The zero-order valence-electron chi connectivity index (χ0n) is 26.0. The summed E-state index contributed by atoms with van der Waals surface area (Å²) in [6, 6.07) is 0. The molecule has 11 nitrogen and oxygen atoms in total. The molecule has 0 radical (unpaired) electrons. The molecular formula is C32H52O11. The monoisotopic (exact) mass is 612 g/mol. The summed E-state index contributed by atoms with van der Waals surface area (Å²) >= 11 is 0. The van der Waals surface area contributed by atoms with E-state index in [1.807, 2.05) is 13.8 Å². The largest absolute Gasteiger partial charge is 0.390 e. The van der Waals surface area contributed by atoms with Crippen LogP contribution in [0.4, 0.5) is 0 Å². The standard InChI is InChI=1S/C32H52O11/c1-28(2,39)9-8-24(36)31(5,40)23-7-11-32(41)17-12-19(33)18-13-22(43-27-26(38)25(37)21(35)15-42-27)20(34)14-29(18,3)16(17)6-10-30(23,32)4/h12,16,18,20-27,34-41H,6-11,13-15H2,1-5H3/t16-,18+,20-,21+,22+,23-,24+,25-,26+,27-,29+,30+,31+,32+/m0/s1. The van der Waals surface area contributed by atoms with Crippen LogP contribution in [-0.4, -0.2) is 113 Å².